The lowest BCUT2D eigenvalue weighted by Crippen LogP contribution is -2.31. The van der Waals surface area contributed by atoms with Crippen LogP contribution in [-0.2, 0) is 9.59 Å². The molecule has 3 atom stereocenters. The Balaban J connectivity index is 2.00. The molecule has 0 aromatic heterocycles. The fourth-order valence-corrected chi connectivity index (χ4v) is 3.18. The maximum atomic E-state index is 12.6. The molecule has 2 amide bonds. The molecule has 0 unspecified atom stereocenters. The molecule has 1 N–H and O–H groups in total. The predicted molar refractivity (Wildman–Crippen MR) is 75.8 cm³/mol. The first-order chi connectivity index (χ1) is 10.0. The van der Waals surface area contributed by atoms with Gasteiger partial charge in [0.1, 0.15) is 0 Å². The number of anilines is 1. The Hall–Kier alpha value is -2.43. The lowest BCUT2D eigenvalue weighted by molar-refractivity contribution is -0.122. The van der Waals surface area contributed by atoms with Gasteiger partial charge in [0.05, 0.1) is 23.1 Å². The molecule has 0 spiro atoms. The number of hydrogen-bond acceptors (Lipinski definition) is 3. The number of carboxylic acid groups (broad SMARTS) is 1. The van der Waals surface area contributed by atoms with E-state index in [0.717, 1.165) is 4.90 Å². The highest BCUT2D eigenvalue weighted by molar-refractivity contribution is 6.22. The maximum Gasteiger partial charge on any atom is 0.335 e. The van der Waals surface area contributed by atoms with Crippen LogP contribution in [0, 0.1) is 17.8 Å². The van der Waals surface area contributed by atoms with E-state index in [0.29, 0.717) is 12.1 Å². The van der Waals surface area contributed by atoms with Crippen LogP contribution in [0.15, 0.2) is 36.4 Å². The van der Waals surface area contributed by atoms with Gasteiger partial charge in [-0.3, -0.25) is 14.5 Å². The van der Waals surface area contributed by atoms with Gasteiger partial charge in [0.15, 0.2) is 0 Å². The van der Waals surface area contributed by atoms with E-state index >= 15 is 0 Å². The summed E-state index contributed by atoms with van der Waals surface area (Å²) in [5.41, 5.74) is 0.403. The van der Waals surface area contributed by atoms with Crippen molar-refractivity contribution in [2.45, 2.75) is 13.3 Å². The quantitative estimate of drug-likeness (QED) is 0.667. The summed E-state index contributed by atoms with van der Waals surface area (Å²) >= 11 is 0. The third kappa shape index (κ3) is 2.05. The number of rotatable bonds is 2. The van der Waals surface area contributed by atoms with Gasteiger partial charge in [0.2, 0.25) is 11.8 Å². The zero-order chi connectivity index (χ0) is 15.1. The average molecular weight is 285 g/mol. The van der Waals surface area contributed by atoms with E-state index in [9.17, 15) is 14.4 Å². The molecule has 0 radical (unpaired) electrons. The fourth-order valence-electron chi connectivity index (χ4n) is 3.18. The van der Waals surface area contributed by atoms with Gasteiger partial charge in [-0.2, -0.15) is 0 Å². The van der Waals surface area contributed by atoms with Crippen molar-refractivity contribution in [3.05, 3.63) is 42.0 Å². The van der Waals surface area contributed by atoms with Crippen molar-refractivity contribution in [3.8, 4) is 0 Å². The summed E-state index contributed by atoms with van der Waals surface area (Å²) in [5, 5.41) is 9.03. The first-order valence-electron chi connectivity index (χ1n) is 6.88. The van der Waals surface area contributed by atoms with E-state index < -0.39 is 5.97 Å². The Morgan fingerprint density at radius 2 is 2.05 bits per heavy atom. The zero-order valence-electron chi connectivity index (χ0n) is 11.5. The second-order valence-electron chi connectivity index (χ2n) is 5.52. The molecule has 0 saturated carbocycles. The molecule has 5 nitrogen and oxygen atoms in total. The summed E-state index contributed by atoms with van der Waals surface area (Å²) in [5.74, 6) is -2.19. The number of imide groups is 1. The first kappa shape index (κ1) is 13.5. The number of carbonyl (C=O) groups excluding carboxylic acids is 2. The number of amides is 2. The molecule has 2 aliphatic rings. The van der Waals surface area contributed by atoms with Crippen molar-refractivity contribution in [2.24, 2.45) is 17.8 Å². The molecule has 1 aromatic rings. The van der Waals surface area contributed by atoms with Gasteiger partial charge in [-0.1, -0.05) is 25.1 Å². The molecule has 108 valence electrons. The Labute approximate surface area is 121 Å². The molecule has 1 aliphatic heterocycles. The van der Waals surface area contributed by atoms with Gasteiger partial charge in [0, 0.05) is 0 Å². The summed E-state index contributed by atoms with van der Waals surface area (Å²) < 4.78 is 0. The van der Waals surface area contributed by atoms with Crippen molar-refractivity contribution in [1.82, 2.24) is 0 Å². The summed E-state index contributed by atoms with van der Waals surface area (Å²) in [7, 11) is 0. The fraction of sp³-hybridized carbons (Fsp3) is 0.312. The third-order valence-corrected chi connectivity index (χ3v) is 4.22. The van der Waals surface area contributed by atoms with E-state index in [1.165, 1.54) is 12.1 Å². The average Bonchev–Trinajstić information content (AvgIpc) is 2.72. The van der Waals surface area contributed by atoms with Gasteiger partial charge in [-0.25, -0.2) is 4.79 Å². The van der Waals surface area contributed by atoms with Gasteiger partial charge in [0.25, 0.3) is 0 Å². The molecule has 5 heteroatoms. The molecule has 1 aliphatic carbocycles. The van der Waals surface area contributed by atoms with Crippen LogP contribution >= 0.6 is 0 Å². The van der Waals surface area contributed by atoms with Crippen LogP contribution in [0.25, 0.3) is 0 Å². The number of carbonyl (C=O) groups is 3. The van der Waals surface area contributed by atoms with E-state index in [1.54, 1.807) is 12.1 Å². The smallest absolute Gasteiger partial charge is 0.335 e. The predicted octanol–water partition coefficient (Wildman–Crippen LogP) is 2.09. The topological polar surface area (TPSA) is 74.7 Å². The van der Waals surface area contributed by atoms with E-state index in [-0.39, 0.29) is 35.1 Å². The first-order valence-corrected chi connectivity index (χ1v) is 6.88. The number of hydrogen-bond donors (Lipinski definition) is 1. The van der Waals surface area contributed by atoms with Crippen LogP contribution in [0.1, 0.15) is 23.7 Å². The van der Waals surface area contributed by atoms with Crippen LogP contribution in [0.3, 0.4) is 0 Å². The highest BCUT2D eigenvalue weighted by Crippen LogP contribution is 2.40. The van der Waals surface area contributed by atoms with E-state index in [4.69, 9.17) is 5.11 Å². The Kier molecular flexibility index (Phi) is 3.12. The summed E-state index contributed by atoms with van der Waals surface area (Å²) in [6.45, 7) is 1.93. The normalized spacial score (nSPS) is 27.9. The molecule has 1 fully saturated rings. The number of benzene rings is 1. The van der Waals surface area contributed by atoms with Gasteiger partial charge in [-0.05, 0) is 30.5 Å². The lowest BCUT2D eigenvalue weighted by atomic mass is 9.78. The molecular formula is C16H15NO4. The summed E-state index contributed by atoms with van der Waals surface area (Å²) in [4.78, 5) is 37.2. The Bertz CT molecular complexity index is 664. The summed E-state index contributed by atoms with van der Waals surface area (Å²) in [6, 6.07) is 5.95. The summed E-state index contributed by atoms with van der Waals surface area (Å²) in [6.07, 6.45) is 4.46. The van der Waals surface area contributed by atoms with E-state index in [2.05, 4.69) is 0 Å². The van der Waals surface area contributed by atoms with Gasteiger partial charge >= 0.3 is 5.97 Å². The van der Waals surface area contributed by atoms with Crippen molar-refractivity contribution >= 4 is 23.5 Å². The third-order valence-electron chi connectivity index (χ3n) is 4.22. The highest BCUT2D eigenvalue weighted by Gasteiger charge is 2.50. The molecule has 21 heavy (non-hydrogen) atoms. The Morgan fingerprint density at radius 3 is 2.71 bits per heavy atom. The minimum absolute atomic E-state index is 0.0212. The number of aromatic carboxylic acids is 1. The van der Waals surface area contributed by atoms with Crippen molar-refractivity contribution in [3.63, 3.8) is 0 Å². The Morgan fingerprint density at radius 1 is 1.29 bits per heavy atom. The number of carboxylic acids is 1. The SMILES string of the molecule is C[C@@H]1C=CC[C@@H]2C(=O)N(c3cccc(C(=O)O)c3)C(=O)[C@@H]12. The molecule has 1 heterocycles. The standard InChI is InChI=1S/C16H15NO4/c1-9-4-2-7-12-13(9)15(19)17(14(12)18)11-6-3-5-10(8-11)16(20)21/h2-6,8-9,12-13H,7H2,1H3,(H,20,21)/t9-,12+,13+/m1/s1. The second kappa shape index (κ2) is 4.84. The lowest BCUT2D eigenvalue weighted by Gasteiger charge is -2.22. The van der Waals surface area contributed by atoms with E-state index in [1.807, 2.05) is 19.1 Å². The second-order valence-corrected chi connectivity index (χ2v) is 5.52. The molecule has 3 rings (SSSR count). The highest BCUT2D eigenvalue weighted by atomic mass is 16.4. The van der Waals surface area contributed by atoms with Crippen molar-refractivity contribution in [2.75, 3.05) is 4.90 Å². The number of fused-ring (bicyclic) bond motifs is 1. The maximum absolute atomic E-state index is 12.6. The van der Waals surface area contributed by atoms with Crippen molar-refractivity contribution in [1.29, 1.82) is 0 Å². The molecule has 1 aromatic carbocycles. The minimum atomic E-state index is -1.08. The minimum Gasteiger partial charge on any atom is -0.478 e. The molecule has 0 bridgehead atoms. The van der Waals surface area contributed by atoms with Crippen LogP contribution in [0.2, 0.25) is 0 Å². The molecule has 1 saturated heterocycles. The van der Waals surface area contributed by atoms with Crippen LogP contribution in [-0.4, -0.2) is 22.9 Å². The largest absolute Gasteiger partial charge is 0.478 e. The van der Waals surface area contributed by atoms with Crippen LogP contribution < -0.4 is 4.90 Å². The van der Waals surface area contributed by atoms with Gasteiger partial charge < -0.3 is 5.11 Å². The van der Waals surface area contributed by atoms with Crippen LogP contribution in [0.5, 0.6) is 0 Å². The number of nitrogens with zero attached hydrogens (tertiary/aromatic N) is 1. The zero-order valence-corrected chi connectivity index (χ0v) is 11.5. The molecular weight excluding hydrogens is 270 g/mol. The monoisotopic (exact) mass is 285 g/mol. The van der Waals surface area contributed by atoms with Crippen molar-refractivity contribution < 1.29 is 19.5 Å². The van der Waals surface area contributed by atoms with Crippen LogP contribution in [0.4, 0.5) is 5.69 Å². The van der Waals surface area contributed by atoms with Gasteiger partial charge in [-0.15, -0.1) is 0 Å². The number of allylic oxidation sites excluding steroid dienone is 2.